The quantitative estimate of drug-likeness (QED) is 0.687. The van der Waals surface area contributed by atoms with Gasteiger partial charge in [-0.25, -0.2) is 4.98 Å². The molecule has 1 aromatic carbocycles. The minimum absolute atomic E-state index is 0.176. The van der Waals surface area contributed by atoms with E-state index in [2.05, 4.69) is 15.2 Å². The second kappa shape index (κ2) is 6.49. The van der Waals surface area contributed by atoms with E-state index in [9.17, 15) is 4.79 Å². The molecular formula is C14H16ClN3O2S. The SMILES string of the molecule is CC(C)(C)OC(=O)CSc1n[nH]c(-c2ccc(Cl)cc2)n1. The molecule has 5 nitrogen and oxygen atoms in total. The first kappa shape index (κ1) is 15.9. The van der Waals surface area contributed by atoms with Crippen molar-refractivity contribution in [1.29, 1.82) is 0 Å². The summed E-state index contributed by atoms with van der Waals surface area (Å²) in [6.45, 7) is 5.50. The van der Waals surface area contributed by atoms with E-state index in [1.165, 1.54) is 11.8 Å². The molecule has 1 aromatic heterocycles. The Morgan fingerprint density at radius 2 is 2.00 bits per heavy atom. The van der Waals surface area contributed by atoms with E-state index in [1.807, 2.05) is 32.9 Å². The number of carbonyl (C=O) groups is 1. The van der Waals surface area contributed by atoms with Crippen molar-refractivity contribution in [3.05, 3.63) is 29.3 Å². The number of carbonyl (C=O) groups excluding carboxylic acids is 1. The summed E-state index contributed by atoms with van der Waals surface area (Å²) in [6.07, 6.45) is 0. The van der Waals surface area contributed by atoms with Gasteiger partial charge >= 0.3 is 5.97 Å². The number of rotatable bonds is 4. The van der Waals surface area contributed by atoms with Gasteiger partial charge in [0.15, 0.2) is 5.82 Å². The van der Waals surface area contributed by atoms with Crippen LogP contribution >= 0.6 is 23.4 Å². The molecule has 0 bridgehead atoms. The van der Waals surface area contributed by atoms with Crippen molar-refractivity contribution in [3.8, 4) is 11.4 Å². The van der Waals surface area contributed by atoms with Gasteiger partial charge in [-0.1, -0.05) is 23.4 Å². The number of aromatic amines is 1. The van der Waals surface area contributed by atoms with Crippen LogP contribution in [0.4, 0.5) is 0 Å². The fourth-order valence-corrected chi connectivity index (χ4v) is 2.24. The Balaban J connectivity index is 1.94. The fraction of sp³-hybridized carbons (Fsp3) is 0.357. The molecule has 0 radical (unpaired) electrons. The maximum atomic E-state index is 11.6. The van der Waals surface area contributed by atoms with Crippen LogP contribution < -0.4 is 0 Å². The number of aromatic nitrogens is 3. The monoisotopic (exact) mass is 325 g/mol. The maximum absolute atomic E-state index is 11.6. The number of benzene rings is 1. The highest BCUT2D eigenvalue weighted by atomic mass is 35.5. The van der Waals surface area contributed by atoms with E-state index in [0.717, 1.165) is 5.56 Å². The van der Waals surface area contributed by atoms with Gasteiger partial charge in [0.05, 0.1) is 5.75 Å². The zero-order valence-electron chi connectivity index (χ0n) is 12.0. The molecule has 1 heterocycles. The number of thioether (sulfide) groups is 1. The largest absolute Gasteiger partial charge is 0.459 e. The molecular weight excluding hydrogens is 310 g/mol. The maximum Gasteiger partial charge on any atom is 0.316 e. The fourth-order valence-electron chi connectivity index (χ4n) is 1.54. The van der Waals surface area contributed by atoms with Crippen molar-refractivity contribution < 1.29 is 9.53 Å². The topological polar surface area (TPSA) is 67.9 Å². The molecule has 0 aliphatic heterocycles. The lowest BCUT2D eigenvalue weighted by Gasteiger charge is -2.18. The van der Waals surface area contributed by atoms with Crippen LogP contribution in [0.2, 0.25) is 5.02 Å². The van der Waals surface area contributed by atoms with Crippen LogP contribution in [0.15, 0.2) is 29.4 Å². The predicted octanol–water partition coefficient (Wildman–Crippen LogP) is 3.56. The lowest BCUT2D eigenvalue weighted by molar-refractivity contribution is -0.151. The van der Waals surface area contributed by atoms with Crippen LogP contribution in [0, 0.1) is 0 Å². The van der Waals surface area contributed by atoms with Crippen molar-refractivity contribution in [2.24, 2.45) is 0 Å². The molecule has 112 valence electrons. The predicted molar refractivity (Wildman–Crippen MR) is 83.4 cm³/mol. The van der Waals surface area contributed by atoms with Gasteiger partial charge in [0.1, 0.15) is 5.60 Å². The van der Waals surface area contributed by atoms with E-state index in [-0.39, 0.29) is 11.7 Å². The minimum atomic E-state index is -0.481. The summed E-state index contributed by atoms with van der Waals surface area (Å²) in [7, 11) is 0. The van der Waals surface area contributed by atoms with E-state index < -0.39 is 5.60 Å². The molecule has 1 N–H and O–H groups in total. The first-order chi connectivity index (χ1) is 9.83. The summed E-state index contributed by atoms with van der Waals surface area (Å²) >= 11 is 7.07. The van der Waals surface area contributed by atoms with Gasteiger partial charge in [0.25, 0.3) is 0 Å². The van der Waals surface area contributed by atoms with Crippen molar-refractivity contribution in [1.82, 2.24) is 15.2 Å². The first-order valence-corrected chi connectivity index (χ1v) is 7.73. The van der Waals surface area contributed by atoms with Crippen LogP contribution in [0.5, 0.6) is 0 Å². The molecule has 0 aliphatic rings. The first-order valence-electron chi connectivity index (χ1n) is 6.36. The number of hydrogen-bond donors (Lipinski definition) is 1. The molecule has 0 unspecified atom stereocenters. The van der Waals surface area contributed by atoms with E-state index in [4.69, 9.17) is 16.3 Å². The highest BCUT2D eigenvalue weighted by molar-refractivity contribution is 7.99. The Hall–Kier alpha value is -1.53. The van der Waals surface area contributed by atoms with Crippen LogP contribution in [0.1, 0.15) is 20.8 Å². The summed E-state index contributed by atoms with van der Waals surface area (Å²) in [5, 5.41) is 8.08. The molecule has 0 spiro atoms. The molecule has 0 fully saturated rings. The average molecular weight is 326 g/mol. The molecule has 0 aliphatic carbocycles. The minimum Gasteiger partial charge on any atom is -0.459 e. The van der Waals surface area contributed by atoms with Crippen LogP contribution in [0.3, 0.4) is 0 Å². The number of nitrogens with one attached hydrogen (secondary N) is 1. The normalized spacial score (nSPS) is 11.4. The molecule has 0 amide bonds. The number of ether oxygens (including phenoxy) is 1. The Labute approximate surface area is 132 Å². The highest BCUT2D eigenvalue weighted by Gasteiger charge is 2.17. The number of hydrogen-bond acceptors (Lipinski definition) is 5. The van der Waals surface area contributed by atoms with Crippen molar-refractivity contribution in [2.45, 2.75) is 31.5 Å². The summed E-state index contributed by atoms with van der Waals surface area (Å²) < 4.78 is 5.22. The molecule has 2 rings (SSSR count). The number of esters is 1. The van der Waals surface area contributed by atoms with Gasteiger partial charge in [0.2, 0.25) is 5.16 Å². The average Bonchev–Trinajstić information content (AvgIpc) is 2.84. The van der Waals surface area contributed by atoms with Crippen LogP contribution in [-0.4, -0.2) is 32.5 Å². The second-order valence-electron chi connectivity index (χ2n) is 5.35. The van der Waals surface area contributed by atoms with E-state index in [1.54, 1.807) is 12.1 Å². The summed E-state index contributed by atoms with van der Waals surface area (Å²) in [6, 6.07) is 7.27. The van der Waals surface area contributed by atoms with Crippen LogP contribution in [-0.2, 0) is 9.53 Å². The highest BCUT2D eigenvalue weighted by Crippen LogP contribution is 2.21. The molecule has 0 saturated carbocycles. The number of halogens is 1. The third-order valence-electron chi connectivity index (χ3n) is 2.32. The Kier molecular flexibility index (Phi) is 4.90. The molecule has 0 saturated heterocycles. The standard InChI is InChI=1S/C14H16ClN3O2S/c1-14(2,3)20-11(19)8-21-13-16-12(17-18-13)9-4-6-10(15)7-5-9/h4-7H,8H2,1-3H3,(H,16,17,18). The lowest BCUT2D eigenvalue weighted by atomic mass is 10.2. The zero-order valence-corrected chi connectivity index (χ0v) is 13.6. The van der Waals surface area contributed by atoms with Crippen LogP contribution in [0.25, 0.3) is 11.4 Å². The van der Waals surface area contributed by atoms with Gasteiger partial charge in [0, 0.05) is 10.6 Å². The molecule has 2 aromatic rings. The van der Waals surface area contributed by atoms with Crippen molar-refractivity contribution in [3.63, 3.8) is 0 Å². The summed E-state index contributed by atoms with van der Waals surface area (Å²) in [4.78, 5) is 15.9. The third-order valence-corrected chi connectivity index (χ3v) is 3.39. The lowest BCUT2D eigenvalue weighted by Crippen LogP contribution is -2.24. The molecule has 0 atom stereocenters. The van der Waals surface area contributed by atoms with E-state index in [0.29, 0.717) is 16.0 Å². The molecule has 21 heavy (non-hydrogen) atoms. The second-order valence-corrected chi connectivity index (χ2v) is 6.73. The van der Waals surface area contributed by atoms with Gasteiger partial charge in [-0.2, -0.15) is 0 Å². The smallest absolute Gasteiger partial charge is 0.316 e. The Morgan fingerprint density at radius 1 is 1.33 bits per heavy atom. The van der Waals surface area contributed by atoms with Gasteiger partial charge in [-0.15, -0.1) is 5.10 Å². The Bertz CT molecular complexity index is 620. The Morgan fingerprint density at radius 3 is 2.62 bits per heavy atom. The van der Waals surface area contributed by atoms with Crippen molar-refractivity contribution in [2.75, 3.05) is 5.75 Å². The van der Waals surface area contributed by atoms with Crippen molar-refractivity contribution >= 4 is 29.3 Å². The molecule has 7 heteroatoms. The summed E-state index contributed by atoms with van der Waals surface area (Å²) in [5.41, 5.74) is 0.404. The zero-order chi connectivity index (χ0) is 15.5. The summed E-state index contributed by atoms with van der Waals surface area (Å²) in [5.74, 6) is 0.526. The van der Waals surface area contributed by atoms with E-state index >= 15 is 0 Å². The van der Waals surface area contributed by atoms with Gasteiger partial charge in [-0.3, -0.25) is 9.89 Å². The third kappa shape index (κ3) is 5.06. The van der Waals surface area contributed by atoms with Gasteiger partial charge in [-0.05, 0) is 45.0 Å². The number of H-pyrrole nitrogens is 1. The van der Waals surface area contributed by atoms with Gasteiger partial charge < -0.3 is 4.74 Å². The number of nitrogens with zero attached hydrogens (tertiary/aromatic N) is 2.